The topological polar surface area (TPSA) is 38.5 Å². The summed E-state index contributed by atoms with van der Waals surface area (Å²) in [6, 6.07) is 6.97. The summed E-state index contributed by atoms with van der Waals surface area (Å²) >= 11 is 0. The number of nitrogens with two attached hydrogens (primary N) is 1. The molecule has 94 valence electrons. The zero-order valence-electron chi connectivity index (χ0n) is 10.8. The first-order chi connectivity index (χ1) is 8.24. The monoisotopic (exact) mass is 234 g/mol. The molecule has 3 nitrogen and oxygen atoms in total. The quantitative estimate of drug-likeness (QED) is 0.848. The molecule has 1 fully saturated rings. The van der Waals surface area contributed by atoms with Crippen molar-refractivity contribution in [3.05, 3.63) is 29.3 Å². The van der Waals surface area contributed by atoms with E-state index in [9.17, 15) is 0 Å². The number of hydrogen-bond acceptors (Lipinski definition) is 3. The number of hydrogen-bond donors (Lipinski definition) is 1. The second kappa shape index (κ2) is 5.52. The van der Waals surface area contributed by atoms with Crippen LogP contribution in [0, 0.1) is 0 Å². The summed E-state index contributed by atoms with van der Waals surface area (Å²) in [7, 11) is 3.92. The van der Waals surface area contributed by atoms with E-state index in [0.29, 0.717) is 6.54 Å². The van der Waals surface area contributed by atoms with Gasteiger partial charge in [-0.1, -0.05) is 12.5 Å². The Labute approximate surface area is 104 Å². The van der Waals surface area contributed by atoms with E-state index >= 15 is 0 Å². The molecule has 2 rings (SSSR count). The molecule has 1 aromatic carbocycles. The zero-order valence-corrected chi connectivity index (χ0v) is 10.8. The lowest BCUT2D eigenvalue weighted by atomic mass is 9.91. The second-order valence-electron chi connectivity index (χ2n) is 4.85. The molecule has 1 saturated carbocycles. The molecular weight excluding hydrogens is 212 g/mol. The maximum atomic E-state index is 5.68. The average molecular weight is 234 g/mol. The van der Waals surface area contributed by atoms with E-state index in [-0.39, 0.29) is 0 Å². The molecule has 0 atom stereocenters. The van der Waals surface area contributed by atoms with Crippen LogP contribution in [0.3, 0.4) is 0 Å². The Hall–Kier alpha value is -1.06. The van der Waals surface area contributed by atoms with Gasteiger partial charge in [-0.05, 0) is 37.6 Å². The zero-order chi connectivity index (χ0) is 12.3. The maximum Gasteiger partial charge on any atom is 0.123 e. The third-order valence-electron chi connectivity index (χ3n) is 3.70. The number of rotatable bonds is 5. The van der Waals surface area contributed by atoms with Crippen molar-refractivity contribution in [3.63, 3.8) is 0 Å². The van der Waals surface area contributed by atoms with Crippen molar-refractivity contribution in [2.75, 3.05) is 14.2 Å². The normalized spacial score (nSPS) is 16.0. The Kier molecular flexibility index (Phi) is 4.02. The fraction of sp³-hybridized carbons (Fsp3) is 0.571. The molecule has 0 heterocycles. The van der Waals surface area contributed by atoms with Crippen LogP contribution in [0.2, 0.25) is 0 Å². The van der Waals surface area contributed by atoms with E-state index in [0.717, 1.165) is 18.3 Å². The molecule has 1 aromatic rings. The van der Waals surface area contributed by atoms with Crippen molar-refractivity contribution < 1.29 is 4.74 Å². The summed E-state index contributed by atoms with van der Waals surface area (Å²) in [5, 5.41) is 0. The van der Waals surface area contributed by atoms with Gasteiger partial charge in [0.05, 0.1) is 7.11 Å². The van der Waals surface area contributed by atoms with E-state index in [1.54, 1.807) is 7.11 Å². The van der Waals surface area contributed by atoms with Crippen LogP contribution in [0.15, 0.2) is 18.2 Å². The minimum atomic E-state index is 0.587. The van der Waals surface area contributed by atoms with Crippen LogP contribution >= 0.6 is 0 Å². The highest BCUT2D eigenvalue weighted by atomic mass is 16.5. The SMILES string of the molecule is COc1ccc(CN)cc1CN(C)C1CCC1. The molecular formula is C14H22N2O. The molecule has 0 spiro atoms. The Morgan fingerprint density at radius 3 is 2.71 bits per heavy atom. The molecule has 3 heteroatoms. The summed E-state index contributed by atoms with van der Waals surface area (Å²) in [5.74, 6) is 0.966. The van der Waals surface area contributed by atoms with Gasteiger partial charge in [-0.2, -0.15) is 0 Å². The van der Waals surface area contributed by atoms with Crippen LogP contribution in [0.25, 0.3) is 0 Å². The van der Waals surface area contributed by atoms with Crippen molar-refractivity contribution in [2.24, 2.45) is 5.73 Å². The van der Waals surface area contributed by atoms with E-state index in [4.69, 9.17) is 10.5 Å². The Morgan fingerprint density at radius 2 is 2.18 bits per heavy atom. The van der Waals surface area contributed by atoms with Crippen molar-refractivity contribution in [2.45, 2.75) is 38.4 Å². The molecule has 0 aliphatic heterocycles. The van der Waals surface area contributed by atoms with Gasteiger partial charge in [-0.3, -0.25) is 4.90 Å². The van der Waals surface area contributed by atoms with Gasteiger partial charge in [0.1, 0.15) is 5.75 Å². The first-order valence-corrected chi connectivity index (χ1v) is 6.30. The summed E-state index contributed by atoms with van der Waals surface area (Å²) in [4.78, 5) is 2.42. The number of nitrogens with zero attached hydrogens (tertiary/aromatic N) is 1. The molecule has 2 N–H and O–H groups in total. The van der Waals surface area contributed by atoms with Crippen LogP contribution in [-0.2, 0) is 13.1 Å². The molecule has 0 bridgehead atoms. The standard InChI is InChI=1S/C14H22N2O/c1-16(13-4-3-5-13)10-12-8-11(9-15)6-7-14(12)17-2/h6-8,13H,3-5,9-10,15H2,1-2H3. The predicted octanol–water partition coefficient (Wildman–Crippen LogP) is 2.14. The smallest absolute Gasteiger partial charge is 0.123 e. The third kappa shape index (κ3) is 2.79. The Morgan fingerprint density at radius 1 is 1.41 bits per heavy atom. The highest BCUT2D eigenvalue weighted by Crippen LogP contribution is 2.27. The van der Waals surface area contributed by atoms with Crippen LogP contribution in [0.1, 0.15) is 30.4 Å². The van der Waals surface area contributed by atoms with Gasteiger partial charge in [-0.25, -0.2) is 0 Å². The van der Waals surface area contributed by atoms with Gasteiger partial charge in [0.25, 0.3) is 0 Å². The lowest BCUT2D eigenvalue weighted by Gasteiger charge is -2.35. The summed E-state index contributed by atoms with van der Waals surface area (Å²) in [6.45, 7) is 1.53. The van der Waals surface area contributed by atoms with Crippen molar-refractivity contribution in [1.29, 1.82) is 0 Å². The highest BCUT2D eigenvalue weighted by molar-refractivity contribution is 5.37. The molecule has 0 aromatic heterocycles. The molecule has 0 saturated heterocycles. The van der Waals surface area contributed by atoms with Gasteiger partial charge in [0, 0.05) is 24.7 Å². The van der Waals surface area contributed by atoms with Crippen molar-refractivity contribution in [3.8, 4) is 5.75 Å². The van der Waals surface area contributed by atoms with Gasteiger partial charge >= 0.3 is 0 Å². The molecule has 17 heavy (non-hydrogen) atoms. The number of ether oxygens (including phenoxy) is 1. The molecule has 1 aliphatic carbocycles. The Balaban J connectivity index is 2.11. The number of benzene rings is 1. The van der Waals surface area contributed by atoms with E-state index < -0.39 is 0 Å². The number of methoxy groups -OCH3 is 1. The van der Waals surface area contributed by atoms with Crippen molar-refractivity contribution >= 4 is 0 Å². The molecule has 0 amide bonds. The fourth-order valence-electron chi connectivity index (χ4n) is 2.31. The first-order valence-electron chi connectivity index (χ1n) is 6.30. The largest absolute Gasteiger partial charge is 0.496 e. The van der Waals surface area contributed by atoms with Gasteiger partial charge in [0.15, 0.2) is 0 Å². The predicted molar refractivity (Wildman–Crippen MR) is 70.0 cm³/mol. The Bertz CT molecular complexity index is 374. The van der Waals surface area contributed by atoms with Crippen LogP contribution < -0.4 is 10.5 Å². The van der Waals surface area contributed by atoms with Gasteiger partial charge < -0.3 is 10.5 Å². The minimum absolute atomic E-state index is 0.587. The third-order valence-corrected chi connectivity index (χ3v) is 3.70. The summed E-state index contributed by atoms with van der Waals surface area (Å²) in [5.41, 5.74) is 8.09. The van der Waals surface area contributed by atoms with Crippen LogP contribution in [-0.4, -0.2) is 25.1 Å². The lowest BCUT2D eigenvalue weighted by molar-refractivity contribution is 0.151. The van der Waals surface area contributed by atoms with E-state index in [1.807, 2.05) is 12.1 Å². The van der Waals surface area contributed by atoms with E-state index in [2.05, 4.69) is 18.0 Å². The van der Waals surface area contributed by atoms with Crippen LogP contribution in [0.4, 0.5) is 0 Å². The summed E-state index contributed by atoms with van der Waals surface area (Å²) in [6.07, 6.45) is 4.03. The maximum absolute atomic E-state index is 5.68. The highest BCUT2D eigenvalue weighted by Gasteiger charge is 2.22. The molecule has 0 unspecified atom stereocenters. The van der Waals surface area contributed by atoms with Crippen LogP contribution in [0.5, 0.6) is 5.75 Å². The molecule has 0 radical (unpaired) electrons. The van der Waals surface area contributed by atoms with Gasteiger partial charge in [0.2, 0.25) is 0 Å². The lowest BCUT2D eigenvalue weighted by Crippen LogP contribution is -2.36. The van der Waals surface area contributed by atoms with Gasteiger partial charge in [-0.15, -0.1) is 0 Å². The van der Waals surface area contributed by atoms with Crippen molar-refractivity contribution in [1.82, 2.24) is 4.90 Å². The minimum Gasteiger partial charge on any atom is -0.496 e. The van der Waals surface area contributed by atoms with E-state index in [1.165, 1.54) is 30.4 Å². The second-order valence-corrected chi connectivity index (χ2v) is 4.85. The molecule has 1 aliphatic rings. The average Bonchev–Trinajstić information content (AvgIpc) is 2.26. The first kappa shape index (κ1) is 12.4. The summed E-state index contributed by atoms with van der Waals surface area (Å²) < 4.78 is 5.41. The fourth-order valence-corrected chi connectivity index (χ4v) is 2.31.